The van der Waals surface area contributed by atoms with Gasteiger partial charge in [0.1, 0.15) is 0 Å². The molecule has 1 aromatic carbocycles. The molecule has 0 spiro atoms. The molecular formula is C9H9ClIN3. The van der Waals surface area contributed by atoms with E-state index in [1.54, 1.807) is 0 Å². The van der Waals surface area contributed by atoms with Gasteiger partial charge in [-0.25, -0.2) is 0 Å². The van der Waals surface area contributed by atoms with Crippen molar-refractivity contribution in [3.63, 3.8) is 0 Å². The number of aliphatic imine (C=N–C) groups is 1. The van der Waals surface area contributed by atoms with Gasteiger partial charge in [-0.05, 0) is 40.8 Å². The molecule has 1 aromatic rings. The highest BCUT2D eigenvalue weighted by atomic mass is 127. The number of nitrogens with zero attached hydrogens (tertiary/aromatic N) is 1. The van der Waals surface area contributed by atoms with Gasteiger partial charge in [0.05, 0.1) is 12.2 Å². The second kappa shape index (κ2) is 4.35. The first-order chi connectivity index (χ1) is 6.75. The van der Waals surface area contributed by atoms with Gasteiger partial charge < -0.3 is 10.6 Å². The Balaban J connectivity index is 2.16. The maximum absolute atomic E-state index is 5.86. The van der Waals surface area contributed by atoms with Gasteiger partial charge in [-0.3, -0.25) is 4.99 Å². The van der Waals surface area contributed by atoms with Crippen LogP contribution in [0.5, 0.6) is 0 Å². The minimum atomic E-state index is 0.751. The van der Waals surface area contributed by atoms with Gasteiger partial charge in [0.15, 0.2) is 5.96 Å². The summed E-state index contributed by atoms with van der Waals surface area (Å²) in [6.07, 6.45) is 0. The molecule has 74 valence electrons. The van der Waals surface area contributed by atoms with Gasteiger partial charge in [-0.1, -0.05) is 11.6 Å². The molecule has 3 nitrogen and oxygen atoms in total. The predicted molar refractivity (Wildman–Crippen MR) is 68.1 cm³/mol. The maximum Gasteiger partial charge on any atom is 0.195 e. The molecule has 0 saturated heterocycles. The van der Waals surface area contributed by atoms with E-state index in [2.05, 4.69) is 38.2 Å². The van der Waals surface area contributed by atoms with Crippen LogP contribution in [0.2, 0.25) is 5.02 Å². The second-order valence-corrected chi connectivity index (χ2v) is 4.50. The molecule has 5 heteroatoms. The molecule has 1 heterocycles. The molecule has 0 unspecified atom stereocenters. The number of halogens is 2. The van der Waals surface area contributed by atoms with Crippen LogP contribution >= 0.6 is 34.2 Å². The average Bonchev–Trinajstić information content (AvgIpc) is 2.62. The highest BCUT2D eigenvalue weighted by Crippen LogP contribution is 2.22. The van der Waals surface area contributed by atoms with E-state index in [0.717, 1.165) is 33.3 Å². The monoisotopic (exact) mass is 321 g/mol. The molecular weight excluding hydrogens is 312 g/mol. The summed E-state index contributed by atoms with van der Waals surface area (Å²) in [5.74, 6) is 0.838. The molecule has 0 aliphatic carbocycles. The van der Waals surface area contributed by atoms with E-state index in [1.165, 1.54) is 0 Å². The number of hydrogen-bond donors (Lipinski definition) is 2. The third kappa shape index (κ3) is 2.30. The summed E-state index contributed by atoms with van der Waals surface area (Å²) in [4.78, 5) is 4.25. The van der Waals surface area contributed by atoms with Crippen LogP contribution in [0.4, 0.5) is 5.69 Å². The van der Waals surface area contributed by atoms with Gasteiger partial charge in [0.25, 0.3) is 0 Å². The van der Waals surface area contributed by atoms with Crippen LogP contribution in [0.15, 0.2) is 23.2 Å². The summed E-state index contributed by atoms with van der Waals surface area (Å²) in [7, 11) is 0. The van der Waals surface area contributed by atoms with E-state index in [9.17, 15) is 0 Å². The van der Waals surface area contributed by atoms with Crippen molar-refractivity contribution >= 4 is 45.8 Å². The molecule has 0 aromatic heterocycles. The summed E-state index contributed by atoms with van der Waals surface area (Å²) in [5.41, 5.74) is 1.03. The van der Waals surface area contributed by atoms with Gasteiger partial charge in [0, 0.05) is 15.1 Å². The molecule has 0 atom stereocenters. The lowest BCUT2D eigenvalue weighted by Gasteiger charge is -2.08. The molecule has 0 radical (unpaired) electrons. The Morgan fingerprint density at radius 3 is 3.00 bits per heavy atom. The van der Waals surface area contributed by atoms with Crippen molar-refractivity contribution in [2.24, 2.45) is 4.99 Å². The van der Waals surface area contributed by atoms with Crippen LogP contribution in [0.1, 0.15) is 0 Å². The zero-order valence-corrected chi connectivity index (χ0v) is 10.3. The van der Waals surface area contributed by atoms with E-state index in [1.807, 2.05) is 18.2 Å². The van der Waals surface area contributed by atoms with Gasteiger partial charge in [-0.15, -0.1) is 0 Å². The molecule has 2 rings (SSSR count). The van der Waals surface area contributed by atoms with Crippen LogP contribution in [-0.4, -0.2) is 19.0 Å². The third-order valence-electron chi connectivity index (χ3n) is 1.86. The second-order valence-electron chi connectivity index (χ2n) is 2.91. The molecule has 0 amide bonds. The third-order valence-corrected chi connectivity index (χ3v) is 2.99. The van der Waals surface area contributed by atoms with Gasteiger partial charge in [0.2, 0.25) is 0 Å². The maximum atomic E-state index is 5.86. The fourth-order valence-corrected chi connectivity index (χ4v) is 2.21. The van der Waals surface area contributed by atoms with Crippen molar-refractivity contribution in [2.45, 2.75) is 0 Å². The lowest BCUT2D eigenvalue weighted by atomic mass is 10.3. The molecule has 14 heavy (non-hydrogen) atoms. The van der Waals surface area contributed by atoms with E-state index in [0.29, 0.717) is 0 Å². The smallest absolute Gasteiger partial charge is 0.195 e. The van der Waals surface area contributed by atoms with Crippen molar-refractivity contribution in [3.05, 3.63) is 26.8 Å². The van der Waals surface area contributed by atoms with Crippen LogP contribution in [0, 0.1) is 3.57 Å². The molecule has 1 aliphatic rings. The summed E-state index contributed by atoms with van der Waals surface area (Å²) in [5, 5.41) is 7.11. The lowest BCUT2D eigenvalue weighted by molar-refractivity contribution is 0.959. The van der Waals surface area contributed by atoms with E-state index in [4.69, 9.17) is 11.6 Å². The standard InChI is InChI=1S/C9H9ClIN3/c10-6-1-2-8(7(11)5-6)14-9-12-3-4-13-9/h1-2,5H,3-4H2,(H2,12,13,14). The van der Waals surface area contributed by atoms with Crippen molar-refractivity contribution in [1.82, 2.24) is 5.32 Å². The summed E-state index contributed by atoms with van der Waals surface area (Å²) in [6, 6.07) is 5.73. The Morgan fingerprint density at radius 2 is 2.36 bits per heavy atom. The first-order valence-electron chi connectivity index (χ1n) is 4.26. The fourth-order valence-electron chi connectivity index (χ4n) is 1.20. The van der Waals surface area contributed by atoms with Crippen LogP contribution in [-0.2, 0) is 0 Å². The van der Waals surface area contributed by atoms with Crippen molar-refractivity contribution in [2.75, 3.05) is 18.4 Å². The van der Waals surface area contributed by atoms with Crippen LogP contribution in [0.25, 0.3) is 0 Å². The molecule has 2 N–H and O–H groups in total. The van der Waals surface area contributed by atoms with Crippen molar-refractivity contribution in [3.8, 4) is 0 Å². The molecule has 0 saturated carbocycles. The van der Waals surface area contributed by atoms with E-state index < -0.39 is 0 Å². The summed E-state index contributed by atoms with van der Waals surface area (Å²) < 4.78 is 1.09. The first kappa shape index (κ1) is 10.0. The minimum absolute atomic E-state index is 0.751. The number of hydrogen-bond acceptors (Lipinski definition) is 3. The number of benzene rings is 1. The topological polar surface area (TPSA) is 36.4 Å². The average molecular weight is 322 g/mol. The normalized spacial score (nSPS) is 14.9. The number of nitrogens with one attached hydrogen (secondary N) is 2. The Morgan fingerprint density at radius 1 is 1.50 bits per heavy atom. The van der Waals surface area contributed by atoms with Crippen molar-refractivity contribution < 1.29 is 0 Å². The Bertz CT molecular complexity index is 378. The Kier molecular flexibility index (Phi) is 3.12. The van der Waals surface area contributed by atoms with Crippen LogP contribution in [0.3, 0.4) is 0 Å². The van der Waals surface area contributed by atoms with Crippen molar-refractivity contribution in [1.29, 1.82) is 0 Å². The summed E-state index contributed by atoms with van der Waals surface area (Å²) >= 11 is 8.10. The highest BCUT2D eigenvalue weighted by molar-refractivity contribution is 14.1. The Labute approximate surface area is 101 Å². The largest absolute Gasteiger partial charge is 0.354 e. The first-order valence-corrected chi connectivity index (χ1v) is 5.72. The number of anilines is 1. The zero-order valence-electron chi connectivity index (χ0n) is 7.35. The number of rotatable bonds is 1. The molecule has 0 bridgehead atoms. The fraction of sp³-hybridized carbons (Fsp3) is 0.222. The predicted octanol–water partition coefficient (Wildman–Crippen LogP) is 2.32. The minimum Gasteiger partial charge on any atom is -0.354 e. The zero-order chi connectivity index (χ0) is 9.97. The van der Waals surface area contributed by atoms with Gasteiger partial charge >= 0.3 is 0 Å². The highest BCUT2D eigenvalue weighted by Gasteiger charge is 2.06. The quantitative estimate of drug-likeness (QED) is 0.779. The van der Waals surface area contributed by atoms with E-state index in [-0.39, 0.29) is 0 Å². The van der Waals surface area contributed by atoms with Gasteiger partial charge in [-0.2, -0.15) is 0 Å². The lowest BCUT2D eigenvalue weighted by Crippen LogP contribution is -2.26. The van der Waals surface area contributed by atoms with E-state index >= 15 is 0 Å². The SMILES string of the molecule is Clc1ccc(NC2=NCCN2)c(I)c1. The molecule has 1 aliphatic heterocycles. The Hall–Kier alpha value is -0.490. The molecule has 0 fully saturated rings. The van der Waals surface area contributed by atoms with Crippen LogP contribution < -0.4 is 10.6 Å². The number of guanidine groups is 1. The summed E-state index contributed by atoms with van der Waals surface area (Å²) in [6.45, 7) is 1.75.